The second-order valence-electron chi connectivity index (χ2n) is 11.1. The Morgan fingerprint density at radius 2 is 0.794 bits per heavy atom. The molecule has 3 N–H and O–H groups in total. The van der Waals surface area contributed by atoms with E-state index in [1.165, 1.54) is 16.7 Å². The lowest BCUT2D eigenvalue weighted by molar-refractivity contribution is 1.23. The van der Waals surface area contributed by atoms with Gasteiger partial charge in [-0.2, -0.15) is 0 Å². The van der Waals surface area contributed by atoms with Gasteiger partial charge in [0, 0.05) is 18.6 Å². The van der Waals surface area contributed by atoms with Gasteiger partial charge in [0.25, 0.3) is 0 Å². The zero-order chi connectivity index (χ0) is 25.1. The minimum Gasteiger partial charge on any atom is -0.396 e. The predicted molar refractivity (Wildman–Crippen MR) is 154 cm³/mol. The first-order valence-electron chi connectivity index (χ1n) is 11.9. The van der Waals surface area contributed by atoms with E-state index in [1.54, 1.807) is 0 Å². The molecule has 3 aromatic rings. The lowest BCUT2D eigenvalue weighted by Gasteiger charge is -2.50. The minimum atomic E-state index is -2.07. The standard InChI is InChI=1S/C25H40N6Si3/c1-19-10-13-26-22(16-19)29-32(4,5)25(33(6,7)30-23-17-20(2)11-14-27-23)34(8,9)31-24-18-21(3)12-15-28-24/h10-18,25H,1-9H3,(H,26,29)(H,27,30)(H,28,31). The van der Waals surface area contributed by atoms with Crippen molar-refractivity contribution in [1.29, 1.82) is 0 Å². The van der Waals surface area contributed by atoms with Gasteiger partial charge in [0.1, 0.15) is 42.2 Å². The van der Waals surface area contributed by atoms with Gasteiger partial charge < -0.3 is 14.9 Å². The molecule has 0 unspecified atom stereocenters. The third-order valence-electron chi connectivity index (χ3n) is 6.26. The van der Waals surface area contributed by atoms with Crippen LogP contribution in [0.15, 0.2) is 55.0 Å². The van der Waals surface area contributed by atoms with Crippen LogP contribution in [-0.4, -0.2) is 39.7 Å². The number of nitrogens with zero attached hydrogens (tertiary/aromatic N) is 3. The van der Waals surface area contributed by atoms with Crippen molar-refractivity contribution in [3.63, 3.8) is 0 Å². The summed E-state index contributed by atoms with van der Waals surface area (Å²) < 4.78 is 0. The minimum absolute atomic E-state index is 0.472. The average molecular weight is 509 g/mol. The highest BCUT2D eigenvalue weighted by molar-refractivity contribution is 7.15. The van der Waals surface area contributed by atoms with Crippen molar-refractivity contribution in [1.82, 2.24) is 15.0 Å². The number of rotatable bonds is 9. The molecule has 6 nitrogen and oxygen atoms in total. The number of aryl methyl sites for hydroxylation is 3. The number of hydrogen-bond donors (Lipinski definition) is 3. The van der Waals surface area contributed by atoms with Crippen molar-refractivity contribution in [2.24, 2.45) is 0 Å². The first kappa shape index (κ1) is 26.1. The van der Waals surface area contributed by atoms with Crippen LogP contribution in [-0.2, 0) is 0 Å². The van der Waals surface area contributed by atoms with Crippen LogP contribution in [0.4, 0.5) is 17.5 Å². The summed E-state index contributed by atoms with van der Waals surface area (Å²) in [5.41, 5.74) is 3.66. The fourth-order valence-corrected chi connectivity index (χ4v) is 31.5. The molecule has 0 fully saturated rings. The van der Waals surface area contributed by atoms with Crippen LogP contribution in [0.5, 0.6) is 0 Å². The van der Waals surface area contributed by atoms with Crippen molar-refractivity contribution >= 4 is 42.2 Å². The second kappa shape index (κ2) is 10.0. The summed E-state index contributed by atoms with van der Waals surface area (Å²) in [4.78, 5) is 26.3. The lowest BCUT2D eigenvalue weighted by atomic mass is 10.3. The van der Waals surface area contributed by atoms with Crippen molar-refractivity contribution < 1.29 is 0 Å². The molecule has 0 aliphatic heterocycles. The van der Waals surface area contributed by atoms with Crippen LogP contribution in [0.25, 0.3) is 0 Å². The molecule has 0 saturated heterocycles. The van der Waals surface area contributed by atoms with Gasteiger partial charge in [-0.1, -0.05) is 39.3 Å². The molecule has 0 amide bonds. The highest BCUT2D eigenvalue weighted by Crippen LogP contribution is 2.41. The topological polar surface area (TPSA) is 74.8 Å². The lowest BCUT2D eigenvalue weighted by Crippen LogP contribution is -2.67. The predicted octanol–water partition coefficient (Wildman–Crippen LogP) is 6.50. The maximum atomic E-state index is 4.65. The number of pyridine rings is 3. The van der Waals surface area contributed by atoms with E-state index in [1.807, 2.05) is 36.8 Å². The zero-order valence-electron chi connectivity index (χ0n) is 22.1. The molecule has 182 valence electrons. The van der Waals surface area contributed by atoms with Crippen LogP contribution in [0.2, 0.25) is 44.1 Å². The van der Waals surface area contributed by atoms with E-state index in [9.17, 15) is 0 Å². The Bertz CT molecular complexity index is 991. The van der Waals surface area contributed by atoms with E-state index in [0.29, 0.717) is 4.79 Å². The summed E-state index contributed by atoms with van der Waals surface area (Å²) in [7, 11) is -6.22. The molecule has 9 heteroatoms. The summed E-state index contributed by atoms with van der Waals surface area (Å²) in [6, 6.07) is 12.6. The number of hydrogen-bond acceptors (Lipinski definition) is 6. The Morgan fingerprint density at radius 1 is 0.529 bits per heavy atom. The Labute approximate surface area is 208 Å². The molecule has 0 aliphatic rings. The molecule has 0 aliphatic carbocycles. The van der Waals surface area contributed by atoms with E-state index < -0.39 is 24.7 Å². The third-order valence-corrected chi connectivity index (χ3v) is 26.3. The van der Waals surface area contributed by atoms with E-state index in [2.05, 4.69) is 108 Å². The normalized spacial score (nSPS) is 12.5. The first-order valence-corrected chi connectivity index (χ1v) is 21.1. The van der Waals surface area contributed by atoms with Gasteiger partial charge in [-0.05, 0) is 78.6 Å². The SMILES string of the molecule is Cc1ccnc(N[Si](C)(C)C([Si](C)(C)Nc2cc(C)ccn2)[Si](C)(C)Nc2cc(C)ccn2)c1. The average Bonchev–Trinajstić information content (AvgIpc) is 2.65. The number of aromatic nitrogens is 3. The summed E-state index contributed by atoms with van der Waals surface area (Å²) in [5, 5.41) is 0. The van der Waals surface area contributed by atoms with E-state index >= 15 is 0 Å². The van der Waals surface area contributed by atoms with Crippen molar-refractivity contribution in [3.8, 4) is 0 Å². The zero-order valence-corrected chi connectivity index (χ0v) is 25.1. The fourth-order valence-electron chi connectivity index (χ4n) is 5.73. The van der Waals surface area contributed by atoms with Gasteiger partial charge in [0.05, 0.1) is 0 Å². The molecule has 0 saturated carbocycles. The van der Waals surface area contributed by atoms with Crippen molar-refractivity contribution in [2.75, 3.05) is 14.9 Å². The Morgan fingerprint density at radius 3 is 1.03 bits per heavy atom. The van der Waals surface area contributed by atoms with Crippen LogP contribution >= 0.6 is 0 Å². The smallest absolute Gasteiger partial charge is 0.150 e. The molecule has 3 heterocycles. The van der Waals surface area contributed by atoms with Gasteiger partial charge in [-0.15, -0.1) is 0 Å². The molecule has 0 atom stereocenters. The molecular weight excluding hydrogens is 469 g/mol. The Hall–Kier alpha value is -2.50. The summed E-state index contributed by atoms with van der Waals surface area (Å²) in [6.07, 6.45) is 5.68. The van der Waals surface area contributed by atoms with E-state index in [0.717, 1.165) is 17.5 Å². The van der Waals surface area contributed by atoms with Gasteiger partial charge >= 0.3 is 0 Å². The Balaban J connectivity index is 2.03. The highest BCUT2D eigenvalue weighted by atomic mass is 28.5. The van der Waals surface area contributed by atoms with Crippen LogP contribution in [0.1, 0.15) is 16.7 Å². The molecular formula is C25H40N6Si3. The number of nitrogens with one attached hydrogen (secondary N) is 3. The molecule has 0 spiro atoms. The quantitative estimate of drug-likeness (QED) is 0.287. The molecule has 0 aromatic carbocycles. The van der Waals surface area contributed by atoms with Crippen molar-refractivity contribution in [2.45, 2.75) is 64.8 Å². The third kappa shape index (κ3) is 6.55. The Kier molecular flexibility index (Phi) is 7.69. The molecule has 3 rings (SSSR count). The van der Waals surface area contributed by atoms with Gasteiger partial charge in [-0.3, -0.25) is 0 Å². The number of anilines is 3. The molecule has 34 heavy (non-hydrogen) atoms. The summed E-state index contributed by atoms with van der Waals surface area (Å²) in [6.45, 7) is 21.0. The molecule has 0 radical (unpaired) electrons. The summed E-state index contributed by atoms with van der Waals surface area (Å²) in [5.74, 6) is 2.91. The van der Waals surface area contributed by atoms with Crippen LogP contribution in [0, 0.1) is 20.8 Å². The van der Waals surface area contributed by atoms with Crippen molar-refractivity contribution in [3.05, 3.63) is 71.7 Å². The van der Waals surface area contributed by atoms with E-state index in [4.69, 9.17) is 0 Å². The van der Waals surface area contributed by atoms with E-state index in [-0.39, 0.29) is 0 Å². The molecule has 0 bridgehead atoms. The maximum Gasteiger partial charge on any atom is 0.150 e. The van der Waals surface area contributed by atoms with Crippen LogP contribution < -0.4 is 14.9 Å². The monoisotopic (exact) mass is 508 g/mol. The highest BCUT2D eigenvalue weighted by Gasteiger charge is 2.54. The van der Waals surface area contributed by atoms with Crippen LogP contribution in [0.3, 0.4) is 0 Å². The first-order chi connectivity index (χ1) is 15.8. The van der Waals surface area contributed by atoms with Gasteiger partial charge in [0.15, 0.2) is 0 Å². The second-order valence-corrected chi connectivity index (χ2v) is 25.7. The maximum absolute atomic E-state index is 4.65. The molecule has 3 aromatic heterocycles. The van der Waals surface area contributed by atoms with Gasteiger partial charge in [-0.25, -0.2) is 15.0 Å². The van der Waals surface area contributed by atoms with Gasteiger partial charge in [0.2, 0.25) is 0 Å². The largest absolute Gasteiger partial charge is 0.396 e. The summed E-state index contributed by atoms with van der Waals surface area (Å²) >= 11 is 0. The fraction of sp³-hybridized carbons (Fsp3) is 0.400.